The van der Waals surface area contributed by atoms with Gasteiger partial charge in [-0.2, -0.15) is 0 Å². The first-order valence-corrected chi connectivity index (χ1v) is 8.49. The van der Waals surface area contributed by atoms with Gasteiger partial charge in [0.2, 0.25) is 0 Å². The fourth-order valence-electron chi connectivity index (χ4n) is 2.98. The molecule has 0 atom stereocenters. The van der Waals surface area contributed by atoms with Crippen molar-refractivity contribution in [1.29, 1.82) is 0 Å². The molecule has 0 aliphatic carbocycles. The fourth-order valence-corrected chi connectivity index (χ4v) is 2.98. The van der Waals surface area contributed by atoms with Gasteiger partial charge in [0.1, 0.15) is 11.4 Å². The van der Waals surface area contributed by atoms with E-state index < -0.39 is 22.6 Å². The number of amides is 2. The van der Waals surface area contributed by atoms with Crippen LogP contribution in [0.15, 0.2) is 72.4 Å². The van der Waals surface area contributed by atoms with Crippen molar-refractivity contribution in [2.24, 2.45) is 0 Å². The zero-order chi connectivity index (χ0) is 20.5. The van der Waals surface area contributed by atoms with Crippen LogP contribution in [0, 0.1) is 15.9 Å². The van der Waals surface area contributed by atoms with Crippen LogP contribution in [0.4, 0.5) is 15.8 Å². The Hall–Kier alpha value is -4.27. The van der Waals surface area contributed by atoms with Crippen LogP contribution in [0.5, 0.6) is 0 Å². The topological polar surface area (TPSA) is 97.5 Å². The van der Waals surface area contributed by atoms with Gasteiger partial charge in [0.05, 0.1) is 16.3 Å². The number of hydrogen-bond acceptors (Lipinski definition) is 4. The lowest BCUT2D eigenvalue weighted by atomic mass is 10.2. The molecule has 0 radical (unpaired) electrons. The Morgan fingerprint density at radius 3 is 2.48 bits per heavy atom. The summed E-state index contributed by atoms with van der Waals surface area (Å²) >= 11 is 0. The number of non-ortho nitro benzene ring substituents is 1. The van der Waals surface area contributed by atoms with E-state index in [2.05, 4.69) is 5.43 Å². The summed E-state index contributed by atoms with van der Waals surface area (Å²) in [6.07, 6.45) is 3.07. The van der Waals surface area contributed by atoms with Crippen molar-refractivity contribution < 1.29 is 18.9 Å². The summed E-state index contributed by atoms with van der Waals surface area (Å²) in [7, 11) is 0. The summed E-state index contributed by atoms with van der Waals surface area (Å²) in [6, 6.07) is 14.5. The lowest BCUT2D eigenvalue weighted by molar-refractivity contribution is -0.384. The highest BCUT2D eigenvalue weighted by Gasteiger charge is 2.34. The summed E-state index contributed by atoms with van der Waals surface area (Å²) < 4.78 is 14.7. The largest absolute Gasteiger partial charge is 0.317 e. The average molecular weight is 392 g/mol. The number of nitrogens with one attached hydrogen (secondary N) is 1. The number of aromatic nitrogens is 1. The normalized spacial score (nSPS) is 15.1. The Kier molecular flexibility index (Phi) is 4.40. The van der Waals surface area contributed by atoms with E-state index in [9.17, 15) is 24.1 Å². The van der Waals surface area contributed by atoms with Crippen LogP contribution in [0.1, 0.15) is 5.69 Å². The van der Waals surface area contributed by atoms with Gasteiger partial charge >= 0.3 is 0 Å². The highest BCUT2D eigenvalue weighted by Crippen LogP contribution is 2.24. The molecule has 1 fully saturated rings. The van der Waals surface area contributed by atoms with Crippen LogP contribution in [-0.4, -0.2) is 21.3 Å². The molecule has 3 aromatic rings. The molecule has 2 aromatic carbocycles. The third-order valence-electron chi connectivity index (χ3n) is 4.37. The van der Waals surface area contributed by atoms with Gasteiger partial charge in [-0.1, -0.05) is 6.07 Å². The standard InChI is InChI=1S/C20H13FN4O4/c21-13-6-8-14(9-7-13)24-20(27)18(19(26)22-24)12-16-5-2-10-23(16)15-3-1-4-17(11-15)25(28)29/h1-12H,(H,22,26)/b18-12-. The minimum Gasteiger partial charge on any atom is -0.317 e. The lowest BCUT2D eigenvalue weighted by Gasteiger charge is -2.14. The second-order valence-corrected chi connectivity index (χ2v) is 6.20. The fraction of sp³-hybridized carbons (Fsp3) is 0. The molecule has 9 heteroatoms. The number of hydrogen-bond donors (Lipinski definition) is 1. The van der Waals surface area contributed by atoms with E-state index in [1.807, 2.05) is 0 Å². The van der Waals surface area contributed by atoms with Crippen LogP contribution < -0.4 is 10.4 Å². The number of halogens is 1. The molecule has 2 heterocycles. The molecule has 0 saturated carbocycles. The molecule has 29 heavy (non-hydrogen) atoms. The number of nitro groups is 1. The Labute approximate surface area is 163 Å². The number of carbonyl (C=O) groups excluding carboxylic acids is 2. The third kappa shape index (κ3) is 3.36. The molecular weight excluding hydrogens is 379 g/mol. The van der Waals surface area contributed by atoms with Crippen LogP contribution in [0.2, 0.25) is 0 Å². The van der Waals surface area contributed by atoms with Gasteiger partial charge in [-0.15, -0.1) is 0 Å². The molecule has 144 valence electrons. The van der Waals surface area contributed by atoms with Crippen LogP contribution >= 0.6 is 0 Å². The molecule has 1 N–H and O–H groups in total. The van der Waals surface area contributed by atoms with E-state index >= 15 is 0 Å². The Morgan fingerprint density at radius 2 is 1.76 bits per heavy atom. The van der Waals surface area contributed by atoms with Crippen molar-refractivity contribution >= 4 is 29.3 Å². The minimum absolute atomic E-state index is 0.0769. The van der Waals surface area contributed by atoms with Crippen molar-refractivity contribution in [3.05, 3.63) is 94.1 Å². The Bertz CT molecular complexity index is 1170. The Balaban J connectivity index is 1.69. The van der Waals surface area contributed by atoms with Crippen molar-refractivity contribution in [3.63, 3.8) is 0 Å². The van der Waals surface area contributed by atoms with Gasteiger partial charge in [0.15, 0.2) is 0 Å². The molecule has 4 rings (SSSR count). The van der Waals surface area contributed by atoms with Crippen LogP contribution in [0.3, 0.4) is 0 Å². The third-order valence-corrected chi connectivity index (χ3v) is 4.37. The number of rotatable bonds is 4. The van der Waals surface area contributed by atoms with Crippen LogP contribution in [-0.2, 0) is 9.59 Å². The monoisotopic (exact) mass is 392 g/mol. The maximum atomic E-state index is 13.1. The van der Waals surface area contributed by atoms with E-state index in [1.54, 1.807) is 35.0 Å². The maximum Gasteiger partial charge on any atom is 0.282 e. The Morgan fingerprint density at radius 1 is 1.00 bits per heavy atom. The zero-order valence-electron chi connectivity index (χ0n) is 14.8. The maximum absolute atomic E-state index is 13.1. The first-order valence-electron chi connectivity index (χ1n) is 8.49. The van der Waals surface area contributed by atoms with Crippen molar-refractivity contribution in [1.82, 2.24) is 9.99 Å². The van der Waals surface area contributed by atoms with E-state index in [0.717, 1.165) is 5.01 Å². The number of hydrazine groups is 1. The summed E-state index contributed by atoms with van der Waals surface area (Å²) in [5.41, 5.74) is 3.58. The SMILES string of the molecule is O=C1NN(c2ccc(F)cc2)C(=O)/C1=C\c1cccn1-c1cccc([N+](=O)[O-])c1. The van der Waals surface area contributed by atoms with Crippen molar-refractivity contribution in [2.45, 2.75) is 0 Å². The second-order valence-electron chi connectivity index (χ2n) is 6.20. The molecule has 1 saturated heterocycles. The lowest BCUT2D eigenvalue weighted by Crippen LogP contribution is -2.35. The van der Waals surface area contributed by atoms with Crippen molar-refractivity contribution in [3.8, 4) is 5.69 Å². The van der Waals surface area contributed by atoms with E-state index in [0.29, 0.717) is 17.1 Å². The molecule has 0 bridgehead atoms. The predicted molar refractivity (Wildman–Crippen MR) is 102 cm³/mol. The van der Waals surface area contributed by atoms with Gasteiger partial charge in [-0.25, -0.2) is 9.40 Å². The van der Waals surface area contributed by atoms with E-state index in [1.165, 1.54) is 42.5 Å². The molecule has 0 unspecified atom stereocenters. The number of nitro benzene ring substituents is 1. The number of carbonyl (C=O) groups is 2. The number of anilines is 1. The van der Waals surface area contributed by atoms with Crippen molar-refractivity contribution in [2.75, 3.05) is 5.01 Å². The highest BCUT2D eigenvalue weighted by molar-refractivity contribution is 6.31. The molecule has 1 aliphatic heterocycles. The summed E-state index contributed by atoms with van der Waals surface area (Å²) in [5, 5.41) is 12.1. The predicted octanol–water partition coefficient (Wildman–Crippen LogP) is 2.99. The zero-order valence-corrected chi connectivity index (χ0v) is 14.8. The molecule has 1 aliphatic rings. The molecule has 1 aromatic heterocycles. The highest BCUT2D eigenvalue weighted by atomic mass is 19.1. The summed E-state index contributed by atoms with van der Waals surface area (Å²) in [6.45, 7) is 0. The summed E-state index contributed by atoms with van der Waals surface area (Å²) in [5.74, 6) is -1.66. The molecule has 8 nitrogen and oxygen atoms in total. The van der Waals surface area contributed by atoms with Gasteiger partial charge in [0.25, 0.3) is 17.5 Å². The first-order chi connectivity index (χ1) is 13.9. The van der Waals surface area contributed by atoms with Crippen LogP contribution in [0.25, 0.3) is 11.8 Å². The number of nitrogens with zero attached hydrogens (tertiary/aromatic N) is 3. The quantitative estimate of drug-likeness (QED) is 0.319. The summed E-state index contributed by atoms with van der Waals surface area (Å²) in [4.78, 5) is 35.6. The second kappa shape index (κ2) is 7.04. The van der Waals surface area contributed by atoms with Gasteiger partial charge in [0, 0.05) is 24.0 Å². The molecule has 0 spiro atoms. The van der Waals surface area contributed by atoms with E-state index in [-0.39, 0.29) is 11.3 Å². The van der Waals surface area contributed by atoms with Gasteiger partial charge in [-0.3, -0.25) is 25.1 Å². The van der Waals surface area contributed by atoms with E-state index in [4.69, 9.17) is 0 Å². The number of benzene rings is 2. The van der Waals surface area contributed by atoms with Gasteiger partial charge < -0.3 is 4.57 Å². The van der Waals surface area contributed by atoms with Gasteiger partial charge in [-0.05, 0) is 48.5 Å². The molecular formula is C20H13FN4O4. The average Bonchev–Trinajstić information content (AvgIpc) is 3.29. The smallest absolute Gasteiger partial charge is 0.282 e. The molecule has 2 amide bonds. The first kappa shape index (κ1) is 18.1. The minimum atomic E-state index is -0.605.